The maximum atomic E-state index is 11.1. The number of carbonyl (C=O) groups is 1. The molecule has 0 saturated carbocycles. The molecule has 0 amide bonds. The standard InChI is InChI=1S/C7H15ClO2Si/c1-5-10-7(9)6(2)11(3,4)8/h6H,5H2,1-4H3. The van der Waals surface area contributed by atoms with Crippen molar-refractivity contribution in [2.24, 2.45) is 0 Å². The van der Waals surface area contributed by atoms with Crippen LogP contribution in [0.3, 0.4) is 0 Å². The zero-order valence-electron chi connectivity index (χ0n) is 7.48. The quantitative estimate of drug-likeness (QED) is 0.392. The van der Waals surface area contributed by atoms with Crippen molar-refractivity contribution in [2.45, 2.75) is 32.5 Å². The minimum Gasteiger partial charge on any atom is -0.466 e. The topological polar surface area (TPSA) is 26.3 Å². The van der Waals surface area contributed by atoms with Gasteiger partial charge in [-0.3, -0.25) is 4.79 Å². The number of rotatable bonds is 3. The predicted octanol–water partition coefficient (Wildman–Crippen LogP) is 2.38. The number of hydrogen-bond donors (Lipinski definition) is 0. The molecule has 0 heterocycles. The Kier molecular flexibility index (Phi) is 4.11. The first-order valence-corrected chi connectivity index (χ1v) is 7.84. The summed E-state index contributed by atoms with van der Waals surface area (Å²) in [6.45, 7) is 7.95. The molecule has 4 heteroatoms. The minimum absolute atomic E-state index is 0.121. The molecule has 0 aliphatic rings. The van der Waals surface area contributed by atoms with Crippen LogP contribution in [0.1, 0.15) is 13.8 Å². The van der Waals surface area contributed by atoms with Crippen molar-refractivity contribution in [1.82, 2.24) is 0 Å². The van der Waals surface area contributed by atoms with E-state index < -0.39 is 7.38 Å². The summed E-state index contributed by atoms with van der Waals surface area (Å²) >= 11 is 6.05. The van der Waals surface area contributed by atoms with E-state index in [0.29, 0.717) is 6.61 Å². The maximum absolute atomic E-state index is 11.1. The highest BCUT2D eigenvalue weighted by atomic mass is 35.6. The second-order valence-electron chi connectivity index (χ2n) is 3.04. The van der Waals surface area contributed by atoms with Crippen molar-refractivity contribution in [2.75, 3.05) is 6.61 Å². The first kappa shape index (κ1) is 11.0. The molecule has 1 atom stereocenters. The van der Waals surface area contributed by atoms with E-state index in [2.05, 4.69) is 0 Å². The lowest BCUT2D eigenvalue weighted by molar-refractivity contribution is -0.142. The van der Waals surface area contributed by atoms with Gasteiger partial charge in [-0.15, -0.1) is 0 Å². The third-order valence-electron chi connectivity index (χ3n) is 1.67. The SMILES string of the molecule is CCOC(=O)C(C)[Si](C)(C)Cl. The van der Waals surface area contributed by atoms with Crippen LogP contribution in [0.5, 0.6) is 0 Å². The lowest BCUT2D eigenvalue weighted by atomic mass is 10.5. The van der Waals surface area contributed by atoms with Gasteiger partial charge >= 0.3 is 5.97 Å². The number of ether oxygens (including phenoxy) is 1. The summed E-state index contributed by atoms with van der Waals surface area (Å²) in [5, 5.41) is 0. The third-order valence-corrected chi connectivity index (χ3v) is 4.95. The Hall–Kier alpha value is -0.0231. The van der Waals surface area contributed by atoms with E-state index in [0.717, 1.165) is 0 Å². The highest BCUT2D eigenvalue weighted by molar-refractivity contribution is 7.20. The van der Waals surface area contributed by atoms with Gasteiger partial charge in [0.15, 0.2) is 7.38 Å². The first-order chi connectivity index (χ1) is 4.89. The van der Waals surface area contributed by atoms with Gasteiger partial charge in [0, 0.05) is 0 Å². The smallest absolute Gasteiger partial charge is 0.307 e. The van der Waals surface area contributed by atoms with Crippen LogP contribution in [0.15, 0.2) is 0 Å². The molecule has 0 aliphatic carbocycles. The molecule has 0 fully saturated rings. The van der Waals surface area contributed by atoms with Crippen LogP contribution in [0.4, 0.5) is 0 Å². The zero-order valence-corrected chi connectivity index (χ0v) is 9.23. The molecule has 0 radical (unpaired) electrons. The Balaban J connectivity index is 4.03. The van der Waals surface area contributed by atoms with Crippen LogP contribution >= 0.6 is 11.1 Å². The molecule has 0 aliphatic heterocycles. The summed E-state index contributed by atoms with van der Waals surface area (Å²) in [6, 6.07) is 0. The van der Waals surface area contributed by atoms with Gasteiger partial charge in [-0.2, -0.15) is 11.1 Å². The molecular formula is C7H15ClO2Si. The summed E-state index contributed by atoms with van der Waals surface area (Å²) in [7, 11) is -1.86. The maximum Gasteiger partial charge on any atom is 0.307 e. The van der Waals surface area contributed by atoms with Crippen molar-refractivity contribution in [3.05, 3.63) is 0 Å². The summed E-state index contributed by atoms with van der Waals surface area (Å²) < 4.78 is 4.84. The van der Waals surface area contributed by atoms with Crippen LogP contribution in [0.2, 0.25) is 18.6 Å². The fourth-order valence-corrected chi connectivity index (χ4v) is 1.46. The Labute approximate surface area is 73.6 Å². The molecule has 0 rings (SSSR count). The van der Waals surface area contributed by atoms with Crippen molar-refractivity contribution < 1.29 is 9.53 Å². The Bertz CT molecular complexity index is 142. The highest BCUT2D eigenvalue weighted by Crippen LogP contribution is 2.25. The summed E-state index contributed by atoms with van der Waals surface area (Å²) in [6.07, 6.45) is 0. The van der Waals surface area contributed by atoms with Crippen molar-refractivity contribution in [3.8, 4) is 0 Å². The van der Waals surface area contributed by atoms with Gasteiger partial charge < -0.3 is 4.74 Å². The molecular weight excluding hydrogens is 180 g/mol. The zero-order chi connectivity index (χ0) is 9.07. The van der Waals surface area contributed by atoms with E-state index in [1.165, 1.54) is 0 Å². The molecule has 11 heavy (non-hydrogen) atoms. The van der Waals surface area contributed by atoms with Gasteiger partial charge in [-0.25, -0.2) is 0 Å². The van der Waals surface area contributed by atoms with E-state index in [9.17, 15) is 4.79 Å². The molecule has 0 N–H and O–H groups in total. The third kappa shape index (κ3) is 3.77. The van der Waals surface area contributed by atoms with Crippen LogP contribution in [0, 0.1) is 0 Å². The number of esters is 1. The molecule has 0 bridgehead atoms. The van der Waals surface area contributed by atoms with Gasteiger partial charge in [0.2, 0.25) is 0 Å². The normalized spacial score (nSPS) is 14.3. The van der Waals surface area contributed by atoms with Gasteiger partial charge in [-0.1, -0.05) is 20.0 Å². The van der Waals surface area contributed by atoms with E-state index in [1.807, 2.05) is 20.0 Å². The monoisotopic (exact) mass is 194 g/mol. The molecule has 0 aromatic rings. The average molecular weight is 195 g/mol. The second kappa shape index (κ2) is 4.12. The predicted molar refractivity (Wildman–Crippen MR) is 49.4 cm³/mol. The van der Waals surface area contributed by atoms with Crippen molar-refractivity contribution in [1.29, 1.82) is 0 Å². The van der Waals surface area contributed by atoms with E-state index in [-0.39, 0.29) is 11.5 Å². The van der Waals surface area contributed by atoms with Crippen molar-refractivity contribution in [3.63, 3.8) is 0 Å². The number of halogens is 1. The van der Waals surface area contributed by atoms with Crippen molar-refractivity contribution >= 4 is 24.4 Å². The van der Waals surface area contributed by atoms with Gasteiger partial charge in [0.25, 0.3) is 0 Å². The summed E-state index contributed by atoms with van der Waals surface area (Å²) in [5.74, 6) is -0.167. The number of carbonyl (C=O) groups excluding carboxylic acids is 1. The molecule has 66 valence electrons. The molecule has 0 aromatic heterocycles. The van der Waals surface area contributed by atoms with Crippen LogP contribution in [-0.4, -0.2) is 20.0 Å². The fourth-order valence-electron chi connectivity index (χ4n) is 0.548. The van der Waals surface area contributed by atoms with Gasteiger partial charge in [0.05, 0.1) is 12.1 Å². The van der Waals surface area contributed by atoms with Crippen LogP contribution in [-0.2, 0) is 9.53 Å². The Morgan fingerprint density at radius 2 is 2.09 bits per heavy atom. The molecule has 1 unspecified atom stereocenters. The van der Waals surface area contributed by atoms with E-state index in [1.54, 1.807) is 6.92 Å². The Morgan fingerprint density at radius 1 is 1.64 bits per heavy atom. The van der Waals surface area contributed by atoms with Crippen LogP contribution < -0.4 is 0 Å². The molecule has 2 nitrogen and oxygen atoms in total. The number of hydrogen-bond acceptors (Lipinski definition) is 2. The fraction of sp³-hybridized carbons (Fsp3) is 0.857. The minimum atomic E-state index is -1.86. The largest absolute Gasteiger partial charge is 0.466 e. The summed E-state index contributed by atoms with van der Waals surface area (Å²) in [5.41, 5.74) is -0.121. The summed E-state index contributed by atoms with van der Waals surface area (Å²) in [4.78, 5) is 11.1. The Morgan fingerprint density at radius 3 is 2.36 bits per heavy atom. The first-order valence-electron chi connectivity index (χ1n) is 3.75. The lowest BCUT2D eigenvalue weighted by Crippen LogP contribution is -2.30. The van der Waals surface area contributed by atoms with E-state index >= 15 is 0 Å². The average Bonchev–Trinajstić information content (AvgIpc) is 1.85. The molecule has 0 saturated heterocycles. The van der Waals surface area contributed by atoms with Gasteiger partial charge in [-0.05, 0) is 6.92 Å². The molecule has 0 aromatic carbocycles. The van der Waals surface area contributed by atoms with Gasteiger partial charge in [0.1, 0.15) is 0 Å². The highest BCUT2D eigenvalue weighted by Gasteiger charge is 2.32. The lowest BCUT2D eigenvalue weighted by Gasteiger charge is -2.19. The van der Waals surface area contributed by atoms with Crippen LogP contribution in [0.25, 0.3) is 0 Å². The van der Waals surface area contributed by atoms with E-state index in [4.69, 9.17) is 15.8 Å². The molecule has 0 spiro atoms. The second-order valence-corrected chi connectivity index (χ2v) is 9.96.